The van der Waals surface area contributed by atoms with Crippen molar-refractivity contribution in [3.8, 4) is 0 Å². The van der Waals surface area contributed by atoms with Gasteiger partial charge in [0.05, 0.1) is 0 Å². The molecular formula is C12H24O2S. The highest BCUT2D eigenvalue weighted by Gasteiger charge is 2.10. The van der Waals surface area contributed by atoms with E-state index in [9.17, 15) is 4.79 Å². The van der Waals surface area contributed by atoms with E-state index in [0.29, 0.717) is 6.42 Å². The average molecular weight is 232 g/mol. The van der Waals surface area contributed by atoms with Crippen molar-refractivity contribution in [3.05, 3.63) is 0 Å². The number of carboxylic acid groups (broad SMARTS) is 1. The van der Waals surface area contributed by atoms with Crippen LogP contribution in [0.3, 0.4) is 0 Å². The van der Waals surface area contributed by atoms with Crippen LogP contribution in [0.5, 0.6) is 0 Å². The molecule has 1 unspecified atom stereocenters. The van der Waals surface area contributed by atoms with E-state index in [2.05, 4.69) is 26.5 Å². The van der Waals surface area contributed by atoms with Crippen molar-refractivity contribution in [1.29, 1.82) is 0 Å². The average Bonchev–Trinajstić information content (AvgIpc) is 2.11. The Morgan fingerprint density at radius 3 is 2.40 bits per heavy atom. The smallest absolute Gasteiger partial charge is 0.303 e. The molecule has 1 atom stereocenters. The van der Waals surface area contributed by atoms with Crippen LogP contribution in [-0.4, -0.2) is 16.8 Å². The van der Waals surface area contributed by atoms with Crippen LogP contribution in [0.2, 0.25) is 0 Å². The molecule has 0 heterocycles. The second-order valence-corrected chi connectivity index (χ2v) is 5.09. The van der Waals surface area contributed by atoms with Gasteiger partial charge in [-0.15, -0.1) is 0 Å². The fourth-order valence-corrected chi connectivity index (χ4v) is 2.30. The highest BCUT2D eigenvalue weighted by atomic mass is 32.1. The lowest BCUT2D eigenvalue weighted by Gasteiger charge is -2.17. The summed E-state index contributed by atoms with van der Waals surface area (Å²) >= 11 is 4.27. The van der Waals surface area contributed by atoms with Gasteiger partial charge >= 0.3 is 5.97 Å². The van der Waals surface area contributed by atoms with Gasteiger partial charge in [0.15, 0.2) is 0 Å². The number of hydrogen-bond donors (Lipinski definition) is 2. The Morgan fingerprint density at radius 1 is 1.27 bits per heavy atom. The molecule has 0 bridgehead atoms. The molecule has 0 amide bonds. The second-order valence-electron chi connectivity index (χ2n) is 4.65. The molecule has 0 aliphatic heterocycles. The molecule has 2 nitrogen and oxygen atoms in total. The van der Waals surface area contributed by atoms with E-state index >= 15 is 0 Å². The van der Waals surface area contributed by atoms with Crippen LogP contribution >= 0.6 is 12.6 Å². The fraction of sp³-hybridized carbons (Fsp3) is 0.917. The predicted molar refractivity (Wildman–Crippen MR) is 67.5 cm³/mol. The molecule has 0 aromatic carbocycles. The Morgan fingerprint density at radius 2 is 1.93 bits per heavy atom. The van der Waals surface area contributed by atoms with Gasteiger partial charge < -0.3 is 5.11 Å². The molecule has 0 aromatic heterocycles. The van der Waals surface area contributed by atoms with E-state index < -0.39 is 5.97 Å². The van der Waals surface area contributed by atoms with Gasteiger partial charge in [-0.05, 0) is 36.9 Å². The van der Waals surface area contributed by atoms with Gasteiger partial charge in [0.2, 0.25) is 0 Å². The third kappa shape index (κ3) is 10.1. The normalized spacial score (nSPS) is 13.1. The number of carboxylic acids is 1. The zero-order valence-electron chi connectivity index (χ0n) is 9.91. The maximum absolute atomic E-state index is 10.3. The Hall–Kier alpha value is -0.180. The SMILES string of the molecule is CC(C)CC(CCS)CCCCC(=O)O. The van der Waals surface area contributed by atoms with Crippen molar-refractivity contribution >= 4 is 18.6 Å². The standard InChI is InChI=1S/C12H24O2S/c1-10(2)9-11(7-8-15)5-3-4-6-12(13)14/h10-11,15H,3-9H2,1-2H3,(H,13,14). The van der Waals surface area contributed by atoms with Crippen molar-refractivity contribution in [3.63, 3.8) is 0 Å². The third-order valence-corrected chi connectivity index (χ3v) is 2.85. The molecule has 0 saturated heterocycles. The lowest BCUT2D eigenvalue weighted by molar-refractivity contribution is -0.137. The molecule has 0 aromatic rings. The Kier molecular flexibility index (Phi) is 8.97. The summed E-state index contributed by atoms with van der Waals surface area (Å²) in [6.45, 7) is 4.48. The molecule has 90 valence electrons. The van der Waals surface area contributed by atoms with Crippen LogP contribution in [0.1, 0.15) is 52.4 Å². The van der Waals surface area contributed by atoms with Gasteiger partial charge in [-0.25, -0.2) is 0 Å². The first-order valence-corrected chi connectivity index (χ1v) is 6.52. The Balaban J connectivity index is 3.60. The lowest BCUT2D eigenvalue weighted by Crippen LogP contribution is -2.06. The van der Waals surface area contributed by atoms with E-state index in [1.54, 1.807) is 0 Å². The number of rotatable bonds is 9. The van der Waals surface area contributed by atoms with E-state index in [4.69, 9.17) is 5.11 Å². The van der Waals surface area contributed by atoms with Gasteiger partial charge in [-0.2, -0.15) is 12.6 Å². The van der Waals surface area contributed by atoms with E-state index in [0.717, 1.165) is 43.3 Å². The summed E-state index contributed by atoms with van der Waals surface area (Å²) in [4.78, 5) is 10.3. The van der Waals surface area contributed by atoms with E-state index in [1.165, 1.54) is 6.42 Å². The van der Waals surface area contributed by atoms with Gasteiger partial charge in [-0.1, -0.05) is 26.7 Å². The lowest BCUT2D eigenvalue weighted by atomic mass is 9.90. The first-order valence-electron chi connectivity index (χ1n) is 5.89. The summed E-state index contributed by atoms with van der Waals surface area (Å²) in [5, 5.41) is 8.52. The largest absolute Gasteiger partial charge is 0.481 e. The van der Waals surface area contributed by atoms with Crippen LogP contribution in [0.15, 0.2) is 0 Å². The molecular weight excluding hydrogens is 208 g/mol. The Labute approximate surface area is 98.9 Å². The maximum Gasteiger partial charge on any atom is 0.303 e. The molecule has 3 heteroatoms. The van der Waals surface area contributed by atoms with Gasteiger partial charge in [-0.3, -0.25) is 4.79 Å². The van der Waals surface area contributed by atoms with Crippen LogP contribution in [0, 0.1) is 11.8 Å². The van der Waals surface area contributed by atoms with Crippen molar-refractivity contribution < 1.29 is 9.90 Å². The molecule has 0 rings (SSSR count). The van der Waals surface area contributed by atoms with Crippen molar-refractivity contribution in [1.82, 2.24) is 0 Å². The quantitative estimate of drug-likeness (QED) is 0.470. The van der Waals surface area contributed by atoms with Crippen LogP contribution in [0.25, 0.3) is 0 Å². The molecule has 0 saturated carbocycles. The van der Waals surface area contributed by atoms with Crippen LogP contribution in [-0.2, 0) is 4.79 Å². The van der Waals surface area contributed by atoms with Crippen molar-refractivity contribution in [2.45, 2.75) is 52.4 Å². The summed E-state index contributed by atoms with van der Waals surface area (Å²) in [5.41, 5.74) is 0. The first kappa shape index (κ1) is 14.8. The highest BCUT2D eigenvalue weighted by molar-refractivity contribution is 7.80. The summed E-state index contributed by atoms with van der Waals surface area (Å²) in [6, 6.07) is 0. The monoisotopic (exact) mass is 232 g/mol. The molecule has 0 aliphatic rings. The molecule has 0 fully saturated rings. The number of thiol groups is 1. The predicted octanol–water partition coefficient (Wildman–Crippen LogP) is 3.61. The molecule has 1 N–H and O–H groups in total. The molecule has 15 heavy (non-hydrogen) atoms. The van der Waals surface area contributed by atoms with Crippen molar-refractivity contribution in [2.24, 2.45) is 11.8 Å². The summed E-state index contributed by atoms with van der Waals surface area (Å²) in [6.07, 6.45) is 5.73. The van der Waals surface area contributed by atoms with Crippen LogP contribution in [0.4, 0.5) is 0 Å². The van der Waals surface area contributed by atoms with Gasteiger partial charge in [0.25, 0.3) is 0 Å². The topological polar surface area (TPSA) is 37.3 Å². The minimum atomic E-state index is -0.676. The third-order valence-electron chi connectivity index (χ3n) is 2.60. The molecule has 0 spiro atoms. The maximum atomic E-state index is 10.3. The van der Waals surface area contributed by atoms with Gasteiger partial charge in [0.1, 0.15) is 0 Å². The summed E-state index contributed by atoms with van der Waals surface area (Å²) in [5.74, 6) is 1.73. The van der Waals surface area contributed by atoms with E-state index in [-0.39, 0.29) is 0 Å². The zero-order chi connectivity index (χ0) is 11.7. The molecule has 0 aliphatic carbocycles. The fourth-order valence-electron chi connectivity index (χ4n) is 1.94. The van der Waals surface area contributed by atoms with Crippen LogP contribution < -0.4 is 0 Å². The second kappa shape index (κ2) is 9.08. The first-order chi connectivity index (χ1) is 7.06. The minimum absolute atomic E-state index is 0.315. The summed E-state index contributed by atoms with van der Waals surface area (Å²) in [7, 11) is 0. The zero-order valence-corrected chi connectivity index (χ0v) is 10.8. The number of carbonyl (C=O) groups is 1. The van der Waals surface area contributed by atoms with E-state index in [1.807, 2.05) is 0 Å². The number of hydrogen-bond acceptors (Lipinski definition) is 2. The molecule has 0 radical (unpaired) electrons. The van der Waals surface area contributed by atoms with Crippen molar-refractivity contribution in [2.75, 3.05) is 5.75 Å². The van der Waals surface area contributed by atoms with Gasteiger partial charge in [0, 0.05) is 6.42 Å². The Bertz CT molecular complexity index is 169. The minimum Gasteiger partial charge on any atom is -0.481 e. The summed E-state index contributed by atoms with van der Waals surface area (Å²) < 4.78 is 0. The highest BCUT2D eigenvalue weighted by Crippen LogP contribution is 2.22. The number of aliphatic carboxylic acids is 1. The number of unbranched alkanes of at least 4 members (excludes halogenated alkanes) is 1.